The fourth-order valence-corrected chi connectivity index (χ4v) is 3.90. The number of carbonyl (C=O) groups excluding carboxylic acids is 2. The molecule has 0 aliphatic carbocycles. The molecular weight excluding hydrogens is 364 g/mol. The molecule has 1 aliphatic rings. The molecule has 2 amide bonds. The lowest BCUT2D eigenvalue weighted by Crippen LogP contribution is -2.52. The molecule has 29 heavy (non-hydrogen) atoms. The number of nitrogens with one attached hydrogen (secondary N) is 1. The predicted molar refractivity (Wildman–Crippen MR) is 114 cm³/mol. The fraction of sp³-hybridized carbons (Fsp3) is 0.417. The molecular formula is C24H30N2O3. The number of hydrogen-bond donors (Lipinski definition) is 1. The Morgan fingerprint density at radius 2 is 1.97 bits per heavy atom. The van der Waals surface area contributed by atoms with Gasteiger partial charge in [-0.05, 0) is 55.5 Å². The van der Waals surface area contributed by atoms with Gasteiger partial charge in [-0.3, -0.25) is 9.59 Å². The zero-order valence-corrected chi connectivity index (χ0v) is 17.5. The molecule has 1 atom stereocenters. The standard InChI is InChI=1S/C24H30N2O3/c1-18-8-4-5-10-20(18)16-25-23(28)24(2)12-7-13-26(17-24)22(27)15-19-9-6-11-21(14-19)29-3/h4-6,8-11,14H,7,12-13,15-17H2,1-3H3,(H,25,28). The van der Waals surface area contributed by atoms with E-state index in [0.717, 1.165) is 35.3 Å². The molecule has 2 aromatic rings. The predicted octanol–water partition coefficient (Wildman–Crippen LogP) is 3.49. The number of aryl methyl sites for hydroxylation is 1. The summed E-state index contributed by atoms with van der Waals surface area (Å²) < 4.78 is 5.24. The average Bonchev–Trinajstić information content (AvgIpc) is 2.73. The van der Waals surface area contributed by atoms with E-state index in [1.54, 1.807) is 7.11 Å². The monoisotopic (exact) mass is 394 g/mol. The molecule has 2 aromatic carbocycles. The summed E-state index contributed by atoms with van der Waals surface area (Å²) in [5.74, 6) is 0.810. The van der Waals surface area contributed by atoms with E-state index in [9.17, 15) is 9.59 Å². The number of methoxy groups -OCH3 is 1. The Morgan fingerprint density at radius 3 is 2.72 bits per heavy atom. The number of carbonyl (C=O) groups is 2. The molecule has 154 valence electrons. The summed E-state index contributed by atoms with van der Waals surface area (Å²) in [7, 11) is 1.62. The van der Waals surface area contributed by atoms with Crippen LogP contribution < -0.4 is 10.1 Å². The van der Waals surface area contributed by atoms with Gasteiger partial charge in [0, 0.05) is 19.6 Å². The highest BCUT2D eigenvalue weighted by Crippen LogP contribution is 2.30. The third kappa shape index (κ3) is 5.17. The smallest absolute Gasteiger partial charge is 0.227 e. The Bertz CT molecular complexity index is 880. The lowest BCUT2D eigenvalue weighted by atomic mass is 9.80. The first kappa shape index (κ1) is 20.9. The first-order valence-corrected chi connectivity index (χ1v) is 10.1. The summed E-state index contributed by atoms with van der Waals surface area (Å²) in [6.07, 6.45) is 1.94. The lowest BCUT2D eigenvalue weighted by molar-refractivity contribution is -0.140. The van der Waals surface area contributed by atoms with E-state index < -0.39 is 5.41 Å². The minimum absolute atomic E-state index is 0.0135. The lowest BCUT2D eigenvalue weighted by Gasteiger charge is -2.39. The number of hydrogen-bond acceptors (Lipinski definition) is 3. The van der Waals surface area contributed by atoms with Crippen LogP contribution in [0, 0.1) is 12.3 Å². The minimum Gasteiger partial charge on any atom is -0.497 e. The molecule has 1 aliphatic heterocycles. The summed E-state index contributed by atoms with van der Waals surface area (Å²) in [4.78, 5) is 27.6. The van der Waals surface area contributed by atoms with E-state index in [-0.39, 0.29) is 11.8 Å². The average molecular weight is 395 g/mol. The highest BCUT2D eigenvalue weighted by atomic mass is 16.5. The molecule has 5 heteroatoms. The van der Waals surface area contributed by atoms with Crippen molar-refractivity contribution in [3.8, 4) is 5.75 Å². The van der Waals surface area contributed by atoms with E-state index in [4.69, 9.17) is 4.74 Å². The van der Waals surface area contributed by atoms with E-state index >= 15 is 0 Å². The summed E-state index contributed by atoms with van der Waals surface area (Å²) >= 11 is 0. The summed E-state index contributed by atoms with van der Waals surface area (Å²) in [5, 5.41) is 3.08. The van der Waals surface area contributed by atoms with Gasteiger partial charge >= 0.3 is 0 Å². The van der Waals surface area contributed by atoms with E-state index in [1.807, 2.05) is 67.3 Å². The Kier molecular flexibility index (Phi) is 6.57. The number of nitrogens with zero attached hydrogens (tertiary/aromatic N) is 1. The van der Waals surface area contributed by atoms with E-state index in [1.165, 1.54) is 0 Å². The van der Waals surface area contributed by atoms with Gasteiger partial charge in [0.1, 0.15) is 5.75 Å². The van der Waals surface area contributed by atoms with Crippen molar-refractivity contribution in [2.24, 2.45) is 5.41 Å². The number of benzene rings is 2. The van der Waals surface area contributed by atoms with Crippen molar-refractivity contribution >= 4 is 11.8 Å². The maximum atomic E-state index is 12.9. The molecule has 0 radical (unpaired) electrons. The van der Waals surface area contributed by atoms with Crippen molar-refractivity contribution in [3.63, 3.8) is 0 Å². The molecule has 0 bridgehead atoms. The van der Waals surface area contributed by atoms with Gasteiger partial charge < -0.3 is 15.0 Å². The first-order chi connectivity index (χ1) is 13.9. The van der Waals surface area contributed by atoms with E-state index in [2.05, 4.69) is 5.32 Å². The van der Waals surface area contributed by atoms with Crippen molar-refractivity contribution in [3.05, 3.63) is 65.2 Å². The zero-order valence-electron chi connectivity index (χ0n) is 17.5. The second kappa shape index (κ2) is 9.12. The van der Waals surface area contributed by atoms with Crippen LogP contribution in [0.5, 0.6) is 5.75 Å². The van der Waals surface area contributed by atoms with Gasteiger partial charge in [0.05, 0.1) is 18.9 Å². The SMILES string of the molecule is COc1cccc(CC(=O)N2CCCC(C)(C(=O)NCc3ccccc3C)C2)c1. The molecule has 1 fully saturated rings. The van der Waals surface area contributed by atoms with Crippen LogP contribution in [0.3, 0.4) is 0 Å². The van der Waals surface area contributed by atoms with Crippen molar-refractivity contribution in [1.29, 1.82) is 0 Å². The minimum atomic E-state index is -0.565. The number of amides is 2. The van der Waals surface area contributed by atoms with Crippen LogP contribution in [0.1, 0.15) is 36.5 Å². The third-order valence-corrected chi connectivity index (χ3v) is 5.79. The molecule has 5 nitrogen and oxygen atoms in total. The van der Waals surface area contributed by atoms with Gasteiger partial charge in [-0.1, -0.05) is 36.4 Å². The fourth-order valence-electron chi connectivity index (χ4n) is 3.90. The highest BCUT2D eigenvalue weighted by Gasteiger charge is 2.39. The Balaban J connectivity index is 1.61. The van der Waals surface area contributed by atoms with Crippen molar-refractivity contribution in [1.82, 2.24) is 10.2 Å². The highest BCUT2D eigenvalue weighted by molar-refractivity contribution is 5.85. The molecule has 1 heterocycles. The zero-order chi connectivity index (χ0) is 20.9. The Morgan fingerprint density at radius 1 is 1.17 bits per heavy atom. The quantitative estimate of drug-likeness (QED) is 0.816. The number of likely N-dealkylation sites (tertiary alicyclic amines) is 1. The molecule has 3 rings (SSSR count). The van der Waals surface area contributed by atoms with Crippen LogP contribution in [-0.4, -0.2) is 36.9 Å². The topological polar surface area (TPSA) is 58.6 Å². The second-order valence-corrected chi connectivity index (χ2v) is 8.12. The van der Waals surface area contributed by atoms with Crippen LogP contribution in [0.15, 0.2) is 48.5 Å². The van der Waals surface area contributed by atoms with Gasteiger partial charge in [0.15, 0.2) is 0 Å². The van der Waals surface area contributed by atoms with Crippen LogP contribution in [0.2, 0.25) is 0 Å². The van der Waals surface area contributed by atoms with Gasteiger partial charge in [0.25, 0.3) is 0 Å². The molecule has 0 spiro atoms. The maximum Gasteiger partial charge on any atom is 0.227 e. The summed E-state index contributed by atoms with van der Waals surface area (Å²) in [6.45, 7) is 5.67. The second-order valence-electron chi connectivity index (χ2n) is 8.12. The van der Waals surface area contributed by atoms with Gasteiger partial charge in [-0.25, -0.2) is 0 Å². The molecule has 1 N–H and O–H groups in total. The van der Waals surface area contributed by atoms with Crippen molar-refractivity contribution in [2.75, 3.05) is 20.2 Å². The molecule has 0 aromatic heterocycles. The summed E-state index contributed by atoms with van der Waals surface area (Å²) in [5.41, 5.74) is 2.64. The van der Waals surface area contributed by atoms with Crippen molar-refractivity contribution in [2.45, 2.75) is 39.7 Å². The molecule has 1 unspecified atom stereocenters. The number of rotatable bonds is 6. The third-order valence-electron chi connectivity index (χ3n) is 5.79. The molecule has 1 saturated heterocycles. The summed E-state index contributed by atoms with van der Waals surface area (Å²) in [6, 6.07) is 15.6. The normalized spacial score (nSPS) is 18.9. The van der Waals surface area contributed by atoms with Gasteiger partial charge in [-0.2, -0.15) is 0 Å². The van der Waals surface area contributed by atoms with Gasteiger partial charge in [-0.15, -0.1) is 0 Å². The number of piperidine rings is 1. The van der Waals surface area contributed by atoms with E-state index in [0.29, 0.717) is 26.1 Å². The number of ether oxygens (including phenoxy) is 1. The first-order valence-electron chi connectivity index (χ1n) is 10.1. The molecule has 0 saturated carbocycles. The Labute approximate surface area is 173 Å². The van der Waals surface area contributed by atoms with Crippen LogP contribution in [-0.2, 0) is 22.6 Å². The Hall–Kier alpha value is -2.82. The van der Waals surface area contributed by atoms with Crippen molar-refractivity contribution < 1.29 is 14.3 Å². The van der Waals surface area contributed by atoms with Gasteiger partial charge in [0.2, 0.25) is 11.8 Å². The van der Waals surface area contributed by atoms with Crippen LogP contribution >= 0.6 is 0 Å². The van der Waals surface area contributed by atoms with Crippen LogP contribution in [0.4, 0.5) is 0 Å². The largest absolute Gasteiger partial charge is 0.497 e. The maximum absolute atomic E-state index is 12.9. The van der Waals surface area contributed by atoms with Crippen LogP contribution in [0.25, 0.3) is 0 Å².